The third kappa shape index (κ3) is 3.13. The van der Waals surface area contributed by atoms with Gasteiger partial charge in [0.1, 0.15) is 0 Å². The van der Waals surface area contributed by atoms with Gasteiger partial charge >= 0.3 is 5.97 Å². The highest BCUT2D eigenvalue weighted by molar-refractivity contribution is 7.14. The van der Waals surface area contributed by atoms with Crippen molar-refractivity contribution in [2.75, 3.05) is 11.9 Å². The number of carbonyl (C=O) groups excluding carboxylic acids is 1. The van der Waals surface area contributed by atoms with E-state index in [9.17, 15) is 4.79 Å². The molecule has 0 aliphatic heterocycles. The molecule has 0 fully saturated rings. The number of ether oxygens (including phenoxy) is 1. The van der Waals surface area contributed by atoms with Crippen molar-refractivity contribution in [3.63, 3.8) is 0 Å². The quantitative estimate of drug-likeness (QED) is 0.874. The fourth-order valence-electron chi connectivity index (χ4n) is 1.57. The highest BCUT2D eigenvalue weighted by atomic mass is 32.1. The summed E-state index contributed by atoms with van der Waals surface area (Å²) in [6.07, 6.45) is 0. The molecule has 2 rings (SSSR count). The molecule has 20 heavy (non-hydrogen) atoms. The average molecular weight is 287 g/mol. The molecule has 0 aliphatic carbocycles. The molecule has 2 aromatic rings. The standard InChI is InChI=1S/C14H13N3O2S/c1-3-19-13(18)12-8-20-14(17-12)16-11-6-10(7-15)5-4-9(11)2/h4-6,8H,3H2,1-2H3,(H,16,17). The summed E-state index contributed by atoms with van der Waals surface area (Å²) in [5.74, 6) is -0.431. The average Bonchev–Trinajstić information content (AvgIpc) is 2.90. The van der Waals surface area contributed by atoms with E-state index in [2.05, 4.69) is 16.4 Å². The maximum atomic E-state index is 11.5. The Labute approximate surface area is 120 Å². The summed E-state index contributed by atoms with van der Waals surface area (Å²) in [5, 5.41) is 14.2. The molecule has 0 saturated heterocycles. The van der Waals surface area contributed by atoms with Gasteiger partial charge in [-0.05, 0) is 31.5 Å². The molecule has 0 atom stereocenters. The Hall–Kier alpha value is -2.39. The molecule has 0 unspecified atom stereocenters. The first-order valence-corrected chi connectivity index (χ1v) is 6.92. The van der Waals surface area contributed by atoms with E-state index in [0.717, 1.165) is 11.3 Å². The molecular formula is C14H13N3O2S. The maximum absolute atomic E-state index is 11.5. The molecule has 5 nitrogen and oxygen atoms in total. The lowest BCUT2D eigenvalue weighted by Gasteiger charge is -2.06. The number of hydrogen-bond acceptors (Lipinski definition) is 6. The number of anilines is 2. The van der Waals surface area contributed by atoms with Crippen LogP contribution < -0.4 is 5.32 Å². The van der Waals surface area contributed by atoms with Crippen LogP contribution in [-0.4, -0.2) is 17.6 Å². The van der Waals surface area contributed by atoms with E-state index in [1.54, 1.807) is 24.4 Å². The van der Waals surface area contributed by atoms with E-state index in [4.69, 9.17) is 10.00 Å². The summed E-state index contributed by atoms with van der Waals surface area (Å²) in [6.45, 7) is 4.01. The second kappa shape index (κ2) is 6.17. The molecule has 0 radical (unpaired) electrons. The molecule has 0 spiro atoms. The lowest BCUT2D eigenvalue weighted by molar-refractivity contribution is 0.0520. The molecule has 0 aliphatic rings. The third-order valence-electron chi connectivity index (χ3n) is 2.60. The van der Waals surface area contributed by atoms with Gasteiger partial charge < -0.3 is 10.1 Å². The lowest BCUT2D eigenvalue weighted by Crippen LogP contribution is -2.05. The zero-order chi connectivity index (χ0) is 14.5. The molecule has 6 heteroatoms. The Kier molecular flexibility index (Phi) is 4.33. The van der Waals surface area contributed by atoms with Crippen molar-refractivity contribution in [3.8, 4) is 6.07 Å². The molecule has 1 aromatic heterocycles. The van der Waals surface area contributed by atoms with Crippen LogP contribution in [0.2, 0.25) is 0 Å². The van der Waals surface area contributed by atoms with Gasteiger partial charge in [-0.25, -0.2) is 9.78 Å². The van der Waals surface area contributed by atoms with Crippen molar-refractivity contribution in [1.29, 1.82) is 5.26 Å². The Morgan fingerprint density at radius 3 is 3.05 bits per heavy atom. The molecule has 0 bridgehead atoms. The number of esters is 1. The molecule has 1 heterocycles. The molecular weight excluding hydrogens is 274 g/mol. The Morgan fingerprint density at radius 2 is 2.35 bits per heavy atom. The number of aromatic nitrogens is 1. The normalized spacial score (nSPS) is 9.85. The third-order valence-corrected chi connectivity index (χ3v) is 3.35. The van der Waals surface area contributed by atoms with Gasteiger partial charge in [-0.3, -0.25) is 0 Å². The second-order valence-electron chi connectivity index (χ2n) is 4.02. The Morgan fingerprint density at radius 1 is 1.55 bits per heavy atom. The van der Waals surface area contributed by atoms with Crippen LogP contribution in [-0.2, 0) is 4.74 Å². The number of nitrogens with zero attached hydrogens (tertiary/aromatic N) is 2. The molecule has 0 saturated carbocycles. The first kappa shape index (κ1) is 14.0. The predicted molar refractivity (Wildman–Crippen MR) is 77.2 cm³/mol. The van der Waals surface area contributed by atoms with E-state index in [1.807, 2.05) is 13.0 Å². The first-order valence-electron chi connectivity index (χ1n) is 6.04. The SMILES string of the molecule is CCOC(=O)c1csc(Nc2cc(C#N)ccc2C)n1. The topological polar surface area (TPSA) is 75.0 Å². The monoisotopic (exact) mass is 287 g/mol. The van der Waals surface area contributed by atoms with Crippen molar-refractivity contribution >= 4 is 28.1 Å². The highest BCUT2D eigenvalue weighted by Crippen LogP contribution is 2.24. The second-order valence-corrected chi connectivity index (χ2v) is 4.88. The number of nitrogens with one attached hydrogen (secondary N) is 1. The van der Waals surface area contributed by atoms with E-state index >= 15 is 0 Å². The number of carbonyl (C=O) groups is 1. The molecule has 102 valence electrons. The number of aryl methyl sites for hydroxylation is 1. The fourth-order valence-corrected chi connectivity index (χ4v) is 2.26. The van der Waals surface area contributed by atoms with E-state index in [-0.39, 0.29) is 5.69 Å². The van der Waals surface area contributed by atoms with Gasteiger partial charge in [0, 0.05) is 11.1 Å². The molecule has 0 amide bonds. The summed E-state index contributed by atoms with van der Waals surface area (Å²) in [4.78, 5) is 15.7. The van der Waals surface area contributed by atoms with Crippen LogP contribution in [0.3, 0.4) is 0 Å². The Bertz CT molecular complexity index is 673. The molecule has 1 N–H and O–H groups in total. The predicted octanol–water partition coefficient (Wildman–Crippen LogP) is 3.24. The van der Waals surface area contributed by atoms with Crippen molar-refractivity contribution in [3.05, 3.63) is 40.4 Å². The number of benzene rings is 1. The maximum Gasteiger partial charge on any atom is 0.357 e. The van der Waals surface area contributed by atoms with Crippen LogP contribution >= 0.6 is 11.3 Å². The van der Waals surface area contributed by atoms with Crippen molar-refractivity contribution in [2.45, 2.75) is 13.8 Å². The van der Waals surface area contributed by atoms with Crippen LogP contribution in [0.15, 0.2) is 23.6 Å². The van der Waals surface area contributed by atoms with Crippen LogP contribution in [0.25, 0.3) is 0 Å². The van der Waals surface area contributed by atoms with Gasteiger partial charge in [0.2, 0.25) is 0 Å². The van der Waals surface area contributed by atoms with E-state index in [0.29, 0.717) is 17.3 Å². The van der Waals surface area contributed by atoms with Gasteiger partial charge in [-0.1, -0.05) is 6.07 Å². The number of hydrogen-bond donors (Lipinski definition) is 1. The number of thiazole rings is 1. The van der Waals surface area contributed by atoms with Crippen LogP contribution in [0, 0.1) is 18.3 Å². The van der Waals surface area contributed by atoms with Gasteiger partial charge in [-0.2, -0.15) is 5.26 Å². The molecule has 1 aromatic carbocycles. The summed E-state index contributed by atoms with van der Waals surface area (Å²) in [5.41, 5.74) is 2.65. The van der Waals surface area contributed by atoms with E-state index < -0.39 is 5.97 Å². The van der Waals surface area contributed by atoms with Crippen LogP contribution in [0.1, 0.15) is 28.5 Å². The van der Waals surface area contributed by atoms with Gasteiger partial charge in [-0.15, -0.1) is 11.3 Å². The van der Waals surface area contributed by atoms with Gasteiger partial charge in [0.15, 0.2) is 10.8 Å². The minimum atomic E-state index is -0.431. The largest absolute Gasteiger partial charge is 0.461 e. The fraction of sp³-hybridized carbons (Fsp3) is 0.214. The minimum Gasteiger partial charge on any atom is -0.461 e. The van der Waals surface area contributed by atoms with Crippen molar-refractivity contribution in [2.24, 2.45) is 0 Å². The summed E-state index contributed by atoms with van der Waals surface area (Å²) < 4.78 is 4.89. The summed E-state index contributed by atoms with van der Waals surface area (Å²) >= 11 is 1.31. The van der Waals surface area contributed by atoms with Crippen molar-refractivity contribution in [1.82, 2.24) is 4.98 Å². The minimum absolute atomic E-state index is 0.286. The highest BCUT2D eigenvalue weighted by Gasteiger charge is 2.12. The Balaban J connectivity index is 2.19. The lowest BCUT2D eigenvalue weighted by atomic mass is 10.1. The van der Waals surface area contributed by atoms with Crippen molar-refractivity contribution < 1.29 is 9.53 Å². The summed E-state index contributed by atoms with van der Waals surface area (Å²) in [6, 6.07) is 7.46. The number of nitriles is 1. The van der Waals surface area contributed by atoms with Crippen LogP contribution in [0.4, 0.5) is 10.8 Å². The zero-order valence-electron chi connectivity index (χ0n) is 11.1. The first-order chi connectivity index (χ1) is 9.63. The van der Waals surface area contributed by atoms with Crippen LogP contribution in [0.5, 0.6) is 0 Å². The zero-order valence-corrected chi connectivity index (χ0v) is 12.0. The van der Waals surface area contributed by atoms with Gasteiger partial charge in [0.05, 0.1) is 18.2 Å². The van der Waals surface area contributed by atoms with E-state index in [1.165, 1.54) is 11.3 Å². The summed E-state index contributed by atoms with van der Waals surface area (Å²) in [7, 11) is 0. The number of rotatable bonds is 4. The van der Waals surface area contributed by atoms with Gasteiger partial charge in [0.25, 0.3) is 0 Å². The smallest absolute Gasteiger partial charge is 0.357 e.